The topological polar surface area (TPSA) is 69.6 Å². The maximum absolute atomic E-state index is 10.9. The molecular weight excluding hydrogens is 194 g/mol. The van der Waals surface area contributed by atoms with Gasteiger partial charge >= 0.3 is 5.97 Å². The molecule has 0 aromatic heterocycles. The summed E-state index contributed by atoms with van der Waals surface area (Å²) in [7, 11) is 0. The second-order valence-electron chi connectivity index (χ2n) is 3.52. The molecule has 1 aromatic rings. The van der Waals surface area contributed by atoms with Crippen LogP contribution in [0.15, 0.2) is 24.3 Å². The van der Waals surface area contributed by atoms with Gasteiger partial charge in [0.2, 0.25) is 0 Å². The minimum atomic E-state index is -0.976. The fourth-order valence-electron chi connectivity index (χ4n) is 1.16. The zero-order valence-corrected chi connectivity index (χ0v) is 8.77. The van der Waals surface area contributed by atoms with Crippen LogP contribution in [0.25, 0.3) is 0 Å². The lowest BCUT2D eigenvalue weighted by molar-refractivity contribution is 0.0697. The molecule has 0 fully saturated rings. The van der Waals surface area contributed by atoms with E-state index in [4.69, 9.17) is 5.11 Å². The second kappa shape index (κ2) is 4.79. The predicted molar refractivity (Wildman–Crippen MR) is 58.2 cm³/mol. The van der Waals surface area contributed by atoms with Gasteiger partial charge in [0.25, 0.3) is 0 Å². The highest BCUT2D eigenvalue weighted by Crippen LogP contribution is 2.16. The number of hydrogen-bond donors (Lipinski definition) is 3. The second-order valence-corrected chi connectivity index (χ2v) is 3.52. The standard InChI is InChI=1S/C11H15NO3/c1-7(8(2)13)12-10-6-4-3-5-9(10)11(14)15/h3-8,12-13H,1-2H3,(H,14,15). The van der Waals surface area contributed by atoms with Gasteiger partial charge in [0.1, 0.15) is 0 Å². The van der Waals surface area contributed by atoms with Gasteiger partial charge in [-0.1, -0.05) is 12.1 Å². The fourth-order valence-corrected chi connectivity index (χ4v) is 1.16. The summed E-state index contributed by atoms with van der Waals surface area (Å²) >= 11 is 0. The third-order valence-corrected chi connectivity index (χ3v) is 2.26. The van der Waals surface area contributed by atoms with E-state index in [1.807, 2.05) is 0 Å². The van der Waals surface area contributed by atoms with E-state index in [1.165, 1.54) is 6.07 Å². The van der Waals surface area contributed by atoms with Crippen molar-refractivity contribution in [2.45, 2.75) is 26.0 Å². The van der Waals surface area contributed by atoms with E-state index in [1.54, 1.807) is 32.0 Å². The van der Waals surface area contributed by atoms with E-state index in [-0.39, 0.29) is 11.6 Å². The van der Waals surface area contributed by atoms with E-state index in [2.05, 4.69) is 5.32 Å². The third kappa shape index (κ3) is 2.95. The van der Waals surface area contributed by atoms with Crippen molar-refractivity contribution in [1.29, 1.82) is 0 Å². The minimum absolute atomic E-state index is 0.189. The van der Waals surface area contributed by atoms with Crippen LogP contribution in [-0.4, -0.2) is 28.3 Å². The number of hydrogen-bond acceptors (Lipinski definition) is 3. The number of aliphatic hydroxyl groups is 1. The Kier molecular flexibility index (Phi) is 3.68. The zero-order valence-electron chi connectivity index (χ0n) is 8.77. The van der Waals surface area contributed by atoms with Crippen LogP contribution in [0.4, 0.5) is 5.69 Å². The average Bonchev–Trinajstić information content (AvgIpc) is 2.18. The normalized spacial score (nSPS) is 14.3. The number of para-hydroxylation sites is 1. The Hall–Kier alpha value is -1.55. The maximum Gasteiger partial charge on any atom is 0.337 e. The highest BCUT2D eigenvalue weighted by Gasteiger charge is 2.13. The van der Waals surface area contributed by atoms with Gasteiger partial charge < -0.3 is 15.5 Å². The Morgan fingerprint density at radius 1 is 1.33 bits per heavy atom. The van der Waals surface area contributed by atoms with Gasteiger partial charge in [-0.25, -0.2) is 4.79 Å². The summed E-state index contributed by atoms with van der Waals surface area (Å²) in [5.41, 5.74) is 0.739. The van der Waals surface area contributed by atoms with Crippen LogP contribution >= 0.6 is 0 Å². The summed E-state index contributed by atoms with van der Waals surface area (Å²) in [5, 5.41) is 21.2. The Morgan fingerprint density at radius 2 is 1.93 bits per heavy atom. The van der Waals surface area contributed by atoms with Crippen molar-refractivity contribution >= 4 is 11.7 Å². The first-order valence-electron chi connectivity index (χ1n) is 4.79. The van der Waals surface area contributed by atoms with E-state index < -0.39 is 12.1 Å². The van der Waals surface area contributed by atoms with Crippen LogP contribution in [0, 0.1) is 0 Å². The van der Waals surface area contributed by atoms with Gasteiger partial charge in [-0.2, -0.15) is 0 Å². The number of aromatic carboxylic acids is 1. The number of benzene rings is 1. The SMILES string of the molecule is CC(O)C(C)Nc1ccccc1C(=O)O. The van der Waals surface area contributed by atoms with Gasteiger partial charge in [0.15, 0.2) is 0 Å². The van der Waals surface area contributed by atoms with E-state index in [0.717, 1.165) is 0 Å². The highest BCUT2D eigenvalue weighted by atomic mass is 16.4. The molecule has 4 nitrogen and oxygen atoms in total. The minimum Gasteiger partial charge on any atom is -0.478 e. The number of carboxylic acids is 1. The zero-order chi connectivity index (χ0) is 11.4. The molecule has 82 valence electrons. The van der Waals surface area contributed by atoms with Gasteiger partial charge in [-0.15, -0.1) is 0 Å². The number of nitrogens with one attached hydrogen (secondary N) is 1. The fraction of sp³-hybridized carbons (Fsp3) is 0.364. The molecule has 0 saturated carbocycles. The largest absolute Gasteiger partial charge is 0.478 e. The summed E-state index contributed by atoms with van der Waals surface area (Å²) in [4.78, 5) is 10.9. The molecule has 0 aliphatic carbocycles. The molecule has 3 N–H and O–H groups in total. The van der Waals surface area contributed by atoms with Crippen molar-refractivity contribution in [2.24, 2.45) is 0 Å². The molecular formula is C11H15NO3. The van der Waals surface area contributed by atoms with E-state index in [9.17, 15) is 9.90 Å². The summed E-state index contributed by atoms with van der Waals surface area (Å²) < 4.78 is 0. The van der Waals surface area contributed by atoms with Crippen LogP contribution in [-0.2, 0) is 0 Å². The van der Waals surface area contributed by atoms with Crippen molar-refractivity contribution in [1.82, 2.24) is 0 Å². The van der Waals surface area contributed by atoms with E-state index >= 15 is 0 Å². The van der Waals surface area contributed by atoms with Crippen molar-refractivity contribution in [3.05, 3.63) is 29.8 Å². The van der Waals surface area contributed by atoms with Crippen molar-refractivity contribution in [3.8, 4) is 0 Å². The molecule has 1 rings (SSSR count). The van der Waals surface area contributed by atoms with Crippen molar-refractivity contribution in [3.63, 3.8) is 0 Å². The van der Waals surface area contributed by atoms with Gasteiger partial charge in [-0.3, -0.25) is 0 Å². The molecule has 0 amide bonds. The molecule has 0 aliphatic heterocycles. The monoisotopic (exact) mass is 209 g/mol. The first-order valence-corrected chi connectivity index (χ1v) is 4.79. The summed E-state index contributed by atoms with van der Waals surface area (Å²) in [6, 6.07) is 6.44. The number of aliphatic hydroxyl groups excluding tert-OH is 1. The van der Waals surface area contributed by atoms with Crippen molar-refractivity contribution in [2.75, 3.05) is 5.32 Å². The maximum atomic E-state index is 10.9. The lowest BCUT2D eigenvalue weighted by atomic mass is 10.1. The Morgan fingerprint density at radius 3 is 2.47 bits per heavy atom. The lowest BCUT2D eigenvalue weighted by Crippen LogP contribution is -2.28. The molecule has 0 aliphatic rings. The molecule has 4 heteroatoms. The number of carboxylic acid groups (broad SMARTS) is 1. The molecule has 0 bridgehead atoms. The van der Waals surface area contributed by atoms with Crippen LogP contribution in [0.3, 0.4) is 0 Å². The summed E-state index contributed by atoms with van der Waals surface area (Å²) in [6.45, 7) is 3.45. The predicted octanol–water partition coefficient (Wildman–Crippen LogP) is 1.57. The molecule has 0 spiro atoms. The van der Waals surface area contributed by atoms with Crippen LogP contribution in [0.2, 0.25) is 0 Å². The Bertz CT molecular complexity index is 349. The first-order chi connectivity index (χ1) is 7.02. The quantitative estimate of drug-likeness (QED) is 0.704. The van der Waals surface area contributed by atoms with E-state index in [0.29, 0.717) is 5.69 Å². The number of carbonyl (C=O) groups is 1. The molecule has 15 heavy (non-hydrogen) atoms. The Labute approximate surface area is 88.6 Å². The van der Waals surface area contributed by atoms with Gasteiger partial charge in [0, 0.05) is 11.7 Å². The molecule has 0 heterocycles. The lowest BCUT2D eigenvalue weighted by Gasteiger charge is -2.19. The highest BCUT2D eigenvalue weighted by molar-refractivity contribution is 5.94. The number of rotatable bonds is 4. The van der Waals surface area contributed by atoms with Gasteiger partial charge in [0.05, 0.1) is 11.7 Å². The molecule has 1 aromatic carbocycles. The molecule has 0 saturated heterocycles. The smallest absolute Gasteiger partial charge is 0.337 e. The van der Waals surface area contributed by atoms with Crippen LogP contribution in [0.5, 0.6) is 0 Å². The number of anilines is 1. The van der Waals surface area contributed by atoms with Crippen molar-refractivity contribution < 1.29 is 15.0 Å². The van der Waals surface area contributed by atoms with Crippen LogP contribution in [0.1, 0.15) is 24.2 Å². The molecule has 2 unspecified atom stereocenters. The molecule has 0 radical (unpaired) electrons. The van der Waals surface area contributed by atoms with Gasteiger partial charge in [-0.05, 0) is 26.0 Å². The third-order valence-electron chi connectivity index (χ3n) is 2.26. The Balaban J connectivity index is 2.89. The average molecular weight is 209 g/mol. The first kappa shape index (κ1) is 11.5. The summed E-state index contributed by atoms with van der Waals surface area (Å²) in [5.74, 6) is -0.976. The molecule has 2 atom stereocenters. The summed E-state index contributed by atoms with van der Waals surface area (Å²) in [6.07, 6.45) is -0.535. The van der Waals surface area contributed by atoms with Crippen LogP contribution < -0.4 is 5.32 Å².